The van der Waals surface area contributed by atoms with Gasteiger partial charge in [-0.15, -0.1) is 0 Å². The number of aryl methyl sites for hydroxylation is 1. The van der Waals surface area contributed by atoms with Crippen LogP contribution < -0.4 is 4.74 Å². The van der Waals surface area contributed by atoms with Gasteiger partial charge >= 0.3 is 0 Å². The summed E-state index contributed by atoms with van der Waals surface area (Å²) in [7, 11) is -0.791. The van der Waals surface area contributed by atoms with Crippen molar-refractivity contribution >= 4 is 15.9 Å². The lowest BCUT2D eigenvalue weighted by Crippen LogP contribution is -2.44. The maximum absolute atomic E-state index is 14.0. The molecule has 1 unspecified atom stereocenters. The van der Waals surface area contributed by atoms with Gasteiger partial charge in [0.15, 0.2) is 11.6 Å². The van der Waals surface area contributed by atoms with Crippen LogP contribution in [0, 0.1) is 32.4 Å². The summed E-state index contributed by atoms with van der Waals surface area (Å²) in [5.74, 6) is -1.62. The molecule has 2 aromatic carbocycles. The Kier molecular flexibility index (Phi) is 8.43. The summed E-state index contributed by atoms with van der Waals surface area (Å²) in [5.41, 5.74) is 3.32. The molecule has 1 aromatic heterocycles. The third-order valence-electron chi connectivity index (χ3n) is 7.26. The number of rotatable bonds is 9. The van der Waals surface area contributed by atoms with Gasteiger partial charge in [-0.3, -0.25) is 4.79 Å². The molecule has 0 fully saturated rings. The molecule has 3 aromatic rings. The molecule has 0 spiro atoms. The Balaban J connectivity index is 1.42. The molecule has 39 heavy (non-hydrogen) atoms. The molecular weight excluding hydrogens is 528 g/mol. The summed E-state index contributed by atoms with van der Waals surface area (Å²) in [6.45, 7) is 6.01. The van der Waals surface area contributed by atoms with Gasteiger partial charge in [0.1, 0.15) is 12.4 Å². The van der Waals surface area contributed by atoms with Crippen LogP contribution in [-0.4, -0.2) is 68.6 Å². The number of methoxy groups -OCH3 is 1. The minimum absolute atomic E-state index is 0.00526. The maximum Gasteiger partial charge on any atom is 0.249 e. The quantitative estimate of drug-likeness (QED) is 0.370. The third-order valence-corrected chi connectivity index (χ3v) is 9.25. The summed E-state index contributed by atoms with van der Waals surface area (Å²) in [5, 5.41) is 0. The second kappa shape index (κ2) is 11.4. The van der Waals surface area contributed by atoms with Gasteiger partial charge in [0.25, 0.3) is 0 Å². The van der Waals surface area contributed by atoms with Crippen LogP contribution in [-0.2, 0) is 26.1 Å². The Morgan fingerprint density at radius 1 is 1.08 bits per heavy atom. The van der Waals surface area contributed by atoms with Gasteiger partial charge in [0.05, 0.1) is 24.7 Å². The molecule has 0 saturated carbocycles. The van der Waals surface area contributed by atoms with Gasteiger partial charge in [0, 0.05) is 38.6 Å². The van der Waals surface area contributed by atoms with E-state index in [2.05, 4.69) is 0 Å². The van der Waals surface area contributed by atoms with Crippen LogP contribution in [0.2, 0.25) is 0 Å². The van der Waals surface area contributed by atoms with Crippen molar-refractivity contribution in [3.05, 3.63) is 82.2 Å². The highest BCUT2D eigenvalue weighted by molar-refractivity contribution is 7.89. The summed E-state index contributed by atoms with van der Waals surface area (Å²) < 4.78 is 68.3. The second-order valence-electron chi connectivity index (χ2n) is 9.64. The normalized spacial score (nSPS) is 15.5. The molecule has 2 heterocycles. The van der Waals surface area contributed by atoms with Crippen LogP contribution in [0.15, 0.2) is 47.5 Å². The van der Waals surface area contributed by atoms with Gasteiger partial charge in [-0.05, 0) is 73.4 Å². The number of fused-ring (bicyclic) bond motifs is 1. The molecule has 0 saturated heterocycles. The number of carbonyl (C=O) groups is 1. The largest absolute Gasteiger partial charge is 0.496 e. The van der Waals surface area contributed by atoms with Crippen molar-refractivity contribution < 1.29 is 31.5 Å². The summed E-state index contributed by atoms with van der Waals surface area (Å²) in [6, 6.07) is 8.31. The zero-order valence-electron chi connectivity index (χ0n) is 22.7. The molecule has 0 bridgehead atoms. The summed E-state index contributed by atoms with van der Waals surface area (Å²) in [4.78, 5) is 15.0. The number of halogens is 2. The van der Waals surface area contributed by atoms with E-state index >= 15 is 0 Å². The zero-order valence-corrected chi connectivity index (χ0v) is 23.5. The SMILES string of the molecule is COc1c(C)cc(S(=O)(=O)N(C)CCOCC(=O)N2CCn3cccc3C2c2ccc(F)c(F)c2)c(C)c1C. The van der Waals surface area contributed by atoms with Crippen LogP contribution in [0.25, 0.3) is 0 Å². The van der Waals surface area contributed by atoms with Crippen molar-refractivity contribution in [3.8, 4) is 5.75 Å². The smallest absolute Gasteiger partial charge is 0.249 e. The Bertz CT molecular complexity index is 1490. The first kappa shape index (κ1) is 28.7. The molecule has 1 atom stereocenters. The van der Waals surface area contributed by atoms with Gasteiger partial charge in [-0.25, -0.2) is 17.2 Å². The van der Waals surface area contributed by atoms with Gasteiger partial charge in [-0.1, -0.05) is 6.07 Å². The lowest BCUT2D eigenvalue weighted by Gasteiger charge is -2.37. The van der Waals surface area contributed by atoms with Crippen molar-refractivity contribution in [3.63, 3.8) is 0 Å². The van der Waals surface area contributed by atoms with E-state index in [-0.39, 0.29) is 30.6 Å². The number of nitrogens with zero attached hydrogens (tertiary/aromatic N) is 3. The Morgan fingerprint density at radius 2 is 1.82 bits per heavy atom. The topological polar surface area (TPSA) is 81.1 Å². The molecule has 1 amide bonds. The van der Waals surface area contributed by atoms with Gasteiger partial charge < -0.3 is 18.9 Å². The number of benzene rings is 2. The Morgan fingerprint density at radius 3 is 2.51 bits per heavy atom. The maximum atomic E-state index is 14.0. The van der Waals surface area contributed by atoms with E-state index in [1.165, 1.54) is 17.4 Å². The number of aromatic nitrogens is 1. The number of amides is 1. The highest BCUT2D eigenvalue weighted by Gasteiger charge is 2.33. The number of likely N-dealkylation sites (N-methyl/N-ethyl adjacent to an activating group) is 1. The monoisotopic (exact) mass is 561 g/mol. The van der Waals surface area contributed by atoms with Crippen molar-refractivity contribution in [1.29, 1.82) is 0 Å². The minimum Gasteiger partial charge on any atom is -0.496 e. The number of hydrogen-bond donors (Lipinski definition) is 0. The fourth-order valence-corrected chi connectivity index (χ4v) is 6.53. The van der Waals surface area contributed by atoms with E-state index in [0.29, 0.717) is 30.0 Å². The molecule has 8 nitrogen and oxygen atoms in total. The van der Waals surface area contributed by atoms with Crippen molar-refractivity contribution in [2.75, 3.05) is 40.5 Å². The van der Waals surface area contributed by atoms with E-state index in [0.717, 1.165) is 29.0 Å². The highest BCUT2D eigenvalue weighted by atomic mass is 32.2. The molecule has 11 heteroatoms. The van der Waals surface area contributed by atoms with Gasteiger partial charge in [-0.2, -0.15) is 4.31 Å². The fourth-order valence-electron chi connectivity index (χ4n) is 5.01. The van der Waals surface area contributed by atoms with Gasteiger partial charge in [0.2, 0.25) is 15.9 Å². The average molecular weight is 562 g/mol. The van der Waals surface area contributed by atoms with E-state index in [9.17, 15) is 22.0 Å². The van der Waals surface area contributed by atoms with Crippen molar-refractivity contribution in [2.24, 2.45) is 0 Å². The Hall–Kier alpha value is -3.28. The van der Waals surface area contributed by atoms with Crippen LogP contribution in [0.1, 0.15) is 34.0 Å². The number of carbonyl (C=O) groups excluding carboxylic acids is 1. The molecule has 0 radical (unpaired) electrons. The second-order valence-corrected chi connectivity index (χ2v) is 11.7. The van der Waals surface area contributed by atoms with E-state index in [1.807, 2.05) is 29.8 Å². The first-order valence-electron chi connectivity index (χ1n) is 12.6. The van der Waals surface area contributed by atoms with E-state index in [1.54, 1.807) is 31.9 Å². The molecule has 0 aliphatic carbocycles. The van der Waals surface area contributed by atoms with E-state index < -0.39 is 27.7 Å². The molecule has 0 N–H and O–H groups in total. The predicted octanol–water partition coefficient (Wildman–Crippen LogP) is 3.97. The molecular formula is C28H33F2N3O5S. The van der Waals surface area contributed by atoms with Crippen LogP contribution in [0.4, 0.5) is 8.78 Å². The standard InChI is InChI=1S/C28H33F2N3O5S/c1-18-15-25(19(2)20(3)28(18)37-5)39(35,36)31(4)13-14-38-17-26(34)33-12-11-32-10-6-7-24(32)27(33)21-8-9-22(29)23(30)16-21/h6-10,15-16,27H,11-14,17H2,1-5H3. The first-order chi connectivity index (χ1) is 18.5. The minimum atomic E-state index is -3.81. The fraction of sp³-hybridized carbons (Fsp3) is 0.393. The number of ether oxygens (including phenoxy) is 2. The predicted molar refractivity (Wildman–Crippen MR) is 142 cm³/mol. The lowest BCUT2D eigenvalue weighted by atomic mass is 9.99. The van der Waals surface area contributed by atoms with Crippen molar-refractivity contribution in [1.82, 2.24) is 13.8 Å². The summed E-state index contributed by atoms with van der Waals surface area (Å²) in [6.07, 6.45) is 1.88. The number of sulfonamides is 1. The third kappa shape index (κ3) is 5.57. The number of hydrogen-bond acceptors (Lipinski definition) is 5. The molecule has 1 aliphatic heterocycles. The van der Waals surface area contributed by atoms with Crippen LogP contribution in [0.3, 0.4) is 0 Å². The lowest BCUT2D eigenvalue weighted by molar-refractivity contribution is -0.138. The summed E-state index contributed by atoms with van der Waals surface area (Å²) >= 11 is 0. The van der Waals surface area contributed by atoms with E-state index in [4.69, 9.17) is 9.47 Å². The van der Waals surface area contributed by atoms with Crippen LogP contribution in [0.5, 0.6) is 5.75 Å². The first-order valence-corrected chi connectivity index (χ1v) is 14.0. The van der Waals surface area contributed by atoms with Crippen LogP contribution >= 0.6 is 0 Å². The van der Waals surface area contributed by atoms with Crippen molar-refractivity contribution in [2.45, 2.75) is 38.3 Å². The Labute approximate surface area is 227 Å². The molecule has 4 rings (SSSR count). The zero-order chi connectivity index (χ0) is 28.5. The molecule has 210 valence electrons. The highest BCUT2D eigenvalue weighted by Crippen LogP contribution is 2.34. The average Bonchev–Trinajstić information content (AvgIpc) is 3.38. The molecule has 1 aliphatic rings.